The predicted octanol–water partition coefficient (Wildman–Crippen LogP) is 0.279. The van der Waals surface area contributed by atoms with Crippen molar-refractivity contribution in [2.75, 3.05) is 0 Å². The van der Waals surface area contributed by atoms with Crippen LogP contribution in [0.2, 0.25) is 0 Å². The van der Waals surface area contributed by atoms with Gasteiger partial charge in [0.2, 0.25) is 0 Å². The van der Waals surface area contributed by atoms with E-state index in [0.717, 1.165) is 0 Å². The summed E-state index contributed by atoms with van der Waals surface area (Å²) in [6, 6.07) is 0. The van der Waals surface area contributed by atoms with Crippen LogP contribution < -0.4 is 0 Å². The molecule has 0 radical (unpaired) electrons. The Kier molecular flexibility index (Phi) is 3.34. The molecular weight excluding hydrogens is 131 g/mol. The van der Waals surface area contributed by atoms with Crippen molar-refractivity contribution >= 4 is 11.9 Å². The van der Waals surface area contributed by atoms with Gasteiger partial charge in [0.05, 0.1) is 12.8 Å². The highest BCUT2D eigenvalue weighted by molar-refractivity contribution is 5.76. The molecule has 0 amide bonds. The summed E-state index contributed by atoms with van der Waals surface area (Å²) in [7, 11) is 0. The molecule has 0 aliphatic heterocycles. The third-order valence-corrected chi connectivity index (χ3v) is 0.629. The summed E-state index contributed by atoms with van der Waals surface area (Å²) in [6.45, 7) is 0. The second-order valence-electron chi connectivity index (χ2n) is 1.34. The summed E-state index contributed by atoms with van der Waals surface area (Å²) in [5, 5.41) is 7.93. The van der Waals surface area contributed by atoms with Crippen LogP contribution in [0.25, 0.3) is 0 Å². The van der Waals surface area contributed by atoms with Crippen LogP contribution in [0.3, 0.4) is 0 Å². The first kappa shape index (κ1) is 7.87. The molecule has 52 valence electrons. The zero-order valence-electron chi connectivity index (χ0n) is 4.46. The SMILES string of the molecule is O=C(O)CCC(=O)OF. The van der Waals surface area contributed by atoms with Gasteiger partial charge in [-0.05, 0) is 0 Å². The maximum Gasteiger partial charge on any atom is 0.349 e. The summed E-state index contributed by atoms with van der Waals surface area (Å²) in [5.74, 6) is -2.31. The normalized spacial score (nSPS) is 8.56. The number of carbonyl (C=O) groups is 2. The molecule has 1 N–H and O–H groups in total. The number of halogens is 1. The van der Waals surface area contributed by atoms with Gasteiger partial charge < -0.3 is 5.11 Å². The van der Waals surface area contributed by atoms with Crippen molar-refractivity contribution in [2.45, 2.75) is 12.8 Å². The van der Waals surface area contributed by atoms with E-state index in [9.17, 15) is 14.1 Å². The summed E-state index contributed by atoms with van der Waals surface area (Å²) in [6.07, 6.45) is -0.825. The van der Waals surface area contributed by atoms with Gasteiger partial charge in [-0.1, -0.05) is 0 Å². The molecule has 0 aromatic rings. The lowest BCUT2D eigenvalue weighted by atomic mass is 10.3. The number of carboxylic acid groups (broad SMARTS) is 1. The van der Waals surface area contributed by atoms with Gasteiger partial charge in [0, 0.05) is 4.53 Å². The fourth-order valence-corrected chi connectivity index (χ4v) is 0.248. The van der Waals surface area contributed by atoms with Crippen LogP contribution >= 0.6 is 0 Å². The van der Waals surface area contributed by atoms with Crippen molar-refractivity contribution in [3.8, 4) is 0 Å². The topological polar surface area (TPSA) is 63.6 Å². The molecule has 0 heterocycles. The minimum Gasteiger partial charge on any atom is -0.481 e. The van der Waals surface area contributed by atoms with E-state index in [1.54, 1.807) is 0 Å². The Balaban J connectivity index is 3.28. The van der Waals surface area contributed by atoms with E-state index in [1.165, 1.54) is 0 Å². The van der Waals surface area contributed by atoms with Crippen LogP contribution in [0.5, 0.6) is 0 Å². The van der Waals surface area contributed by atoms with Gasteiger partial charge in [-0.15, -0.1) is 0 Å². The van der Waals surface area contributed by atoms with Gasteiger partial charge in [0.25, 0.3) is 0 Å². The predicted molar refractivity (Wildman–Crippen MR) is 24.1 cm³/mol. The molecule has 0 aromatic carbocycles. The minimum absolute atomic E-state index is 0.400. The third-order valence-electron chi connectivity index (χ3n) is 0.629. The van der Waals surface area contributed by atoms with E-state index in [-0.39, 0.29) is 0 Å². The molecular formula is C4H5FO4. The van der Waals surface area contributed by atoms with Crippen LogP contribution in [0.4, 0.5) is 4.53 Å². The zero-order chi connectivity index (χ0) is 7.28. The van der Waals surface area contributed by atoms with Crippen molar-refractivity contribution in [1.29, 1.82) is 0 Å². The lowest BCUT2D eigenvalue weighted by Crippen LogP contribution is -2.02. The average molecular weight is 136 g/mol. The highest BCUT2D eigenvalue weighted by Gasteiger charge is 2.05. The average Bonchev–Trinajstić information content (AvgIpc) is 1.83. The van der Waals surface area contributed by atoms with Crippen LogP contribution in [0.1, 0.15) is 12.8 Å². The Morgan fingerprint density at radius 3 is 2.33 bits per heavy atom. The summed E-state index contributed by atoms with van der Waals surface area (Å²) < 4.78 is 10.8. The van der Waals surface area contributed by atoms with Crippen LogP contribution in [0, 0.1) is 0 Å². The van der Waals surface area contributed by atoms with Crippen LogP contribution in [0.15, 0.2) is 0 Å². The van der Waals surface area contributed by atoms with Crippen LogP contribution in [-0.2, 0) is 14.5 Å². The van der Waals surface area contributed by atoms with E-state index < -0.39 is 24.8 Å². The fraction of sp³-hybridized carbons (Fsp3) is 0.500. The van der Waals surface area contributed by atoms with Gasteiger partial charge in [-0.3, -0.25) is 9.74 Å². The Labute approximate surface area is 50.1 Å². The van der Waals surface area contributed by atoms with E-state index >= 15 is 0 Å². The first-order chi connectivity index (χ1) is 4.16. The zero-order valence-corrected chi connectivity index (χ0v) is 4.46. The molecule has 0 fully saturated rings. The molecule has 0 bridgehead atoms. The lowest BCUT2D eigenvalue weighted by molar-refractivity contribution is -0.184. The monoisotopic (exact) mass is 136 g/mol. The van der Waals surface area contributed by atoms with E-state index in [0.29, 0.717) is 0 Å². The molecule has 0 aliphatic rings. The number of aliphatic carboxylic acids is 1. The van der Waals surface area contributed by atoms with Gasteiger partial charge in [-0.2, -0.15) is 0 Å². The molecule has 0 spiro atoms. The summed E-state index contributed by atoms with van der Waals surface area (Å²) in [4.78, 5) is 22.2. The standard InChI is InChI=1S/C4H5FO4/c5-9-4(8)2-1-3(6)7/h1-2H2,(H,6,7). The van der Waals surface area contributed by atoms with E-state index in [2.05, 4.69) is 4.94 Å². The molecule has 0 saturated heterocycles. The Hall–Kier alpha value is -1.13. The molecule has 0 unspecified atom stereocenters. The van der Waals surface area contributed by atoms with Gasteiger partial charge in [0.1, 0.15) is 0 Å². The fourth-order valence-electron chi connectivity index (χ4n) is 0.248. The minimum atomic E-state index is -1.16. The molecule has 0 aromatic heterocycles. The van der Waals surface area contributed by atoms with Crippen molar-refractivity contribution in [3.63, 3.8) is 0 Å². The van der Waals surface area contributed by atoms with E-state index in [1.807, 2.05) is 0 Å². The van der Waals surface area contributed by atoms with Gasteiger partial charge in [0.15, 0.2) is 0 Å². The third kappa shape index (κ3) is 4.73. The lowest BCUT2D eigenvalue weighted by Gasteiger charge is -1.88. The molecule has 0 atom stereocenters. The second kappa shape index (κ2) is 3.82. The van der Waals surface area contributed by atoms with Crippen molar-refractivity contribution < 1.29 is 24.2 Å². The molecule has 0 saturated carbocycles. The van der Waals surface area contributed by atoms with Crippen molar-refractivity contribution in [3.05, 3.63) is 0 Å². The first-order valence-corrected chi connectivity index (χ1v) is 2.20. The van der Waals surface area contributed by atoms with Gasteiger partial charge >= 0.3 is 11.9 Å². The number of rotatable bonds is 3. The summed E-state index contributed by atoms with van der Waals surface area (Å²) >= 11 is 0. The molecule has 0 rings (SSSR count). The van der Waals surface area contributed by atoms with E-state index in [4.69, 9.17) is 5.11 Å². The van der Waals surface area contributed by atoms with Crippen LogP contribution in [-0.4, -0.2) is 17.0 Å². The summed E-state index contributed by atoms with van der Waals surface area (Å²) in [5.41, 5.74) is 0. The maximum absolute atomic E-state index is 10.8. The highest BCUT2D eigenvalue weighted by Crippen LogP contribution is 1.91. The Bertz CT molecular complexity index is 122. The first-order valence-electron chi connectivity index (χ1n) is 2.20. The highest BCUT2D eigenvalue weighted by atomic mass is 19.3. The maximum atomic E-state index is 10.8. The quantitative estimate of drug-likeness (QED) is 0.605. The number of hydrogen-bond acceptors (Lipinski definition) is 3. The molecule has 4 nitrogen and oxygen atoms in total. The number of hydrogen-bond donors (Lipinski definition) is 1. The second-order valence-corrected chi connectivity index (χ2v) is 1.34. The Morgan fingerprint density at radius 2 is 2.00 bits per heavy atom. The number of carbonyl (C=O) groups excluding carboxylic acids is 1. The van der Waals surface area contributed by atoms with Crippen molar-refractivity contribution in [1.82, 2.24) is 0 Å². The number of carboxylic acids is 1. The Morgan fingerprint density at radius 1 is 1.44 bits per heavy atom. The molecule has 9 heavy (non-hydrogen) atoms. The molecule has 5 heteroatoms. The van der Waals surface area contributed by atoms with Crippen molar-refractivity contribution in [2.24, 2.45) is 0 Å². The van der Waals surface area contributed by atoms with Gasteiger partial charge in [-0.25, -0.2) is 4.79 Å². The molecule has 0 aliphatic carbocycles. The largest absolute Gasteiger partial charge is 0.481 e. The smallest absolute Gasteiger partial charge is 0.349 e.